The van der Waals surface area contributed by atoms with Gasteiger partial charge in [-0.05, 0) is 40.2 Å². The first kappa shape index (κ1) is 14.3. The molecule has 2 aromatic rings. The lowest BCUT2D eigenvalue weighted by Crippen LogP contribution is -2.15. The number of halogens is 1. The first-order valence-corrected chi connectivity index (χ1v) is 6.81. The second-order valence-electron chi connectivity index (χ2n) is 4.11. The van der Waals surface area contributed by atoms with Gasteiger partial charge in [-0.15, -0.1) is 0 Å². The van der Waals surface area contributed by atoms with Gasteiger partial charge < -0.3 is 15.8 Å². The predicted octanol–water partition coefficient (Wildman–Crippen LogP) is 2.83. The zero-order valence-electron chi connectivity index (χ0n) is 10.7. The fourth-order valence-corrected chi connectivity index (χ4v) is 1.92. The molecular formula is C14H14BrN3O2. The Morgan fingerprint density at radius 2 is 2.20 bits per heavy atom. The molecule has 104 valence electrons. The summed E-state index contributed by atoms with van der Waals surface area (Å²) in [6.45, 7) is 0.284. The van der Waals surface area contributed by atoms with Gasteiger partial charge in [0, 0.05) is 22.0 Å². The van der Waals surface area contributed by atoms with Crippen LogP contribution in [0.25, 0.3) is 0 Å². The topological polar surface area (TPSA) is 77.2 Å². The summed E-state index contributed by atoms with van der Waals surface area (Å²) < 4.78 is 6.27. The maximum absolute atomic E-state index is 11.7. The number of amides is 1. The van der Waals surface area contributed by atoms with Gasteiger partial charge in [0.1, 0.15) is 5.75 Å². The normalized spacial score (nSPS) is 10.1. The highest BCUT2D eigenvalue weighted by molar-refractivity contribution is 9.10. The van der Waals surface area contributed by atoms with Crippen LogP contribution < -0.4 is 15.8 Å². The van der Waals surface area contributed by atoms with Crippen molar-refractivity contribution >= 4 is 33.2 Å². The summed E-state index contributed by atoms with van der Waals surface area (Å²) in [5.41, 5.74) is 6.93. The Morgan fingerprint density at radius 3 is 2.95 bits per heavy atom. The summed E-state index contributed by atoms with van der Waals surface area (Å²) in [4.78, 5) is 15.7. The van der Waals surface area contributed by atoms with E-state index in [0.29, 0.717) is 17.1 Å². The largest absolute Gasteiger partial charge is 0.491 e. The molecule has 20 heavy (non-hydrogen) atoms. The van der Waals surface area contributed by atoms with E-state index < -0.39 is 0 Å². The van der Waals surface area contributed by atoms with Gasteiger partial charge in [0.2, 0.25) is 5.91 Å². The average molecular weight is 336 g/mol. The first-order chi connectivity index (χ1) is 9.63. The molecule has 0 atom stereocenters. The van der Waals surface area contributed by atoms with Gasteiger partial charge in [-0.25, -0.2) is 0 Å². The third kappa shape index (κ3) is 4.55. The van der Waals surface area contributed by atoms with E-state index in [1.165, 1.54) is 0 Å². The number of nitrogens with one attached hydrogen (secondary N) is 1. The van der Waals surface area contributed by atoms with E-state index in [4.69, 9.17) is 10.5 Å². The number of pyridine rings is 1. The van der Waals surface area contributed by atoms with Gasteiger partial charge in [0.05, 0.1) is 19.2 Å². The molecule has 5 nitrogen and oxygen atoms in total. The molecule has 0 aliphatic rings. The Labute approximate surface area is 125 Å². The third-order valence-corrected chi connectivity index (χ3v) is 2.88. The average Bonchev–Trinajstić information content (AvgIpc) is 2.38. The lowest BCUT2D eigenvalue weighted by Gasteiger charge is -2.07. The fraction of sp³-hybridized carbons (Fsp3) is 0.143. The van der Waals surface area contributed by atoms with Crippen LogP contribution in [-0.4, -0.2) is 17.5 Å². The molecule has 0 aliphatic heterocycles. The Morgan fingerprint density at radius 1 is 1.35 bits per heavy atom. The highest BCUT2D eigenvalue weighted by atomic mass is 79.9. The van der Waals surface area contributed by atoms with Crippen LogP contribution >= 0.6 is 15.9 Å². The maximum atomic E-state index is 11.7. The van der Waals surface area contributed by atoms with E-state index in [1.54, 1.807) is 42.7 Å². The molecule has 0 fully saturated rings. The highest BCUT2D eigenvalue weighted by Gasteiger charge is 2.03. The summed E-state index contributed by atoms with van der Waals surface area (Å²) in [7, 11) is 0. The zero-order valence-corrected chi connectivity index (χ0v) is 12.3. The lowest BCUT2D eigenvalue weighted by atomic mass is 10.3. The van der Waals surface area contributed by atoms with Crippen molar-refractivity contribution in [3.8, 4) is 5.75 Å². The molecule has 0 spiro atoms. The van der Waals surface area contributed by atoms with Crippen LogP contribution in [0.2, 0.25) is 0 Å². The van der Waals surface area contributed by atoms with Crippen LogP contribution in [-0.2, 0) is 4.79 Å². The Bertz CT molecular complexity index is 604. The molecule has 0 bridgehead atoms. The minimum Gasteiger partial charge on any atom is -0.491 e. The summed E-state index contributed by atoms with van der Waals surface area (Å²) in [6.07, 6.45) is 3.52. The number of rotatable bonds is 5. The van der Waals surface area contributed by atoms with E-state index >= 15 is 0 Å². The first-order valence-electron chi connectivity index (χ1n) is 6.02. The monoisotopic (exact) mass is 335 g/mol. The summed E-state index contributed by atoms with van der Waals surface area (Å²) >= 11 is 3.30. The van der Waals surface area contributed by atoms with Crippen LogP contribution in [0.15, 0.2) is 47.2 Å². The van der Waals surface area contributed by atoms with E-state index in [2.05, 4.69) is 26.2 Å². The quantitative estimate of drug-likeness (QED) is 0.823. The van der Waals surface area contributed by atoms with Crippen molar-refractivity contribution in [1.82, 2.24) is 4.98 Å². The number of hydrogen-bond acceptors (Lipinski definition) is 4. The van der Waals surface area contributed by atoms with Crippen LogP contribution in [0.1, 0.15) is 6.42 Å². The van der Waals surface area contributed by atoms with Gasteiger partial charge in [-0.3, -0.25) is 9.78 Å². The molecular weight excluding hydrogens is 322 g/mol. The fourth-order valence-electron chi connectivity index (χ4n) is 1.57. The second-order valence-corrected chi connectivity index (χ2v) is 5.03. The zero-order chi connectivity index (χ0) is 14.4. The molecule has 1 aromatic carbocycles. The van der Waals surface area contributed by atoms with Gasteiger partial charge in [0.25, 0.3) is 0 Å². The number of aromatic nitrogens is 1. The smallest absolute Gasteiger partial charge is 0.227 e. The van der Waals surface area contributed by atoms with Crippen LogP contribution in [0.4, 0.5) is 11.4 Å². The molecule has 2 rings (SSSR count). The molecule has 1 aromatic heterocycles. The van der Waals surface area contributed by atoms with Crippen molar-refractivity contribution in [3.05, 3.63) is 47.2 Å². The van der Waals surface area contributed by atoms with Gasteiger partial charge >= 0.3 is 0 Å². The SMILES string of the molecule is Nc1cccc(NC(=O)CCOc2cncc(Br)c2)c1. The van der Waals surface area contributed by atoms with Crippen molar-refractivity contribution in [1.29, 1.82) is 0 Å². The third-order valence-electron chi connectivity index (χ3n) is 2.45. The Hall–Kier alpha value is -2.08. The van der Waals surface area contributed by atoms with Gasteiger partial charge in [0.15, 0.2) is 0 Å². The molecule has 0 aliphatic carbocycles. The molecule has 6 heteroatoms. The number of ether oxygens (including phenoxy) is 1. The second kappa shape index (κ2) is 6.91. The molecule has 1 heterocycles. The summed E-state index contributed by atoms with van der Waals surface area (Å²) in [5.74, 6) is 0.495. The van der Waals surface area contributed by atoms with Crippen molar-refractivity contribution in [2.45, 2.75) is 6.42 Å². The number of carbonyl (C=O) groups excluding carboxylic acids is 1. The minimum absolute atomic E-state index is 0.126. The van der Waals surface area contributed by atoms with Crippen LogP contribution in [0.5, 0.6) is 5.75 Å². The van der Waals surface area contributed by atoms with E-state index in [9.17, 15) is 4.79 Å². The lowest BCUT2D eigenvalue weighted by molar-refractivity contribution is -0.116. The molecule has 0 radical (unpaired) electrons. The van der Waals surface area contributed by atoms with Gasteiger partial charge in [-0.2, -0.15) is 0 Å². The van der Waals surface area contributed by atoms with Crippen LogP contribution in [0.3, 0.4) is 0 Å². The Kier molecular flexibility index (Phi) is 4.95. The summed E-state index contributed by atoms with van der Waals surface area (Å²) in [5, 5.41) is 2.76. The van der Waals surface area contributed by atoms with E-state index in [-0.39, 0.29) is 18.9 Å². The maximum Gasteiger partial charge on any atom is 0.227 e. The van der Waals surface area contributed by atoms with Crippen molar-refractivity contribution in [2.75, 3.05) is 17.7 Å². The van der Waals surface area contributed by atoms with Crippen molar-refractivity contribution in [2.24, 2.45) is 0 Å². The highest BCUT2D eigenvalue weighted by Crippen LogP contribution is 2.16. The number of nitrogens with two attached hydrogens (primary N) is 1. The Balaban J connectivity index is 1.78. The van der Waals surface area contributed by atoms with Crippen molar-refractivity contribution in [3.63, 3.8) is 0 Å². The summed E-state index contributed by atoms with van der Waals surface area (Å²) in [6, 6.07) is 8.83. The molecule has 3 N–H and O–H groups in total. The minimum atomic E-state index is -0.126. The standard InChI is InChI=1S/C14H14BrN3O2/c15-10-6-13(9-17-8-10)20-5-4-14(19)18-12-3-1-2-11(16)7-12/h1-3,6-9H,4-5,16H2,(H,18,19). The number of carbonyl (C=O) groups is 1. The van der Waals surface area contributed by atoms with E-state index in [1.807, 2.05) is 0 Å². The van der Waals surface area contributed by atoms with E-state index in [0.717, 1.165) is 4.47 Å². The number of hydrogen-bond donors (Lipinski definition) is 2. The number of benzene rings is 1. The molecule has 0 saturated carbocycles. The molecule has 1 amide bonds. The van der Waals surface area contributed by atoms with Gasteiger partial charge in [-0.1, -0.05) is 6.07 Å². The van der Waals surface area contributed by atoms with Crippen LogP contribution in [0, 0.1) is 0 Å². The predicted molar refractivity (Wildman–Crippen MR) is 81.5 cm³/mol. The number of nitrogens with zero attached hydrogens (tertiary/aromatic N) is 1. The number of nitrogen functional groups attached to an aromatic ring is 1. The molecule has 0 saturated heterocycles. The van der Waals surface area contributed by atoms with Crippen molar-refractivity contribution < 1.29 is 9.53 Å². The number of anilines is 2. The molecule has 0 unspecified atom stereocenters.